The Kier molecular flexibility index (Phi) is 6.82. The van der Waals surface area contributed by atoms with Crippen LogP contribution in [0, 0.1) is 0 Å². The molecule has 17 heavy (non-hydrogen) atoms. The van der Waals surface area contributed by atoms with Crippen LogP contribution in [-0.2, 0) is 4.79 Å². The SMILES string of the molecule is O=C(/C=C/c1ccco1)NCCCCCCO. The molecule has 0 saturated heterocycles. The number of carbonyl (C=O) groups is 1. The summed E-state index contributed by atoms with van der Waals surface area (Å²) in [6, 6.07) is 3.57. The molecule has 0 aliphatic rings. The summed E-state index contributed by atoms with van der Waals surface area (Å²) < 4.78 is 5.06. The fraction of sp³-hybridized carbons (Fsp3) is 0.462. The van der Waals surface area contributed by atoms with Gasteiger partial charge in [0.15, 0.2) is 0 Å². The number of nitrogens with one attached hydrogen (secondary N) is 1. The van der Waals surface area contributed by atoms with Crippen LogP contribution in [0.1, 0.15) is 31.4 Å². The number of unbranched alkanes of at least 4 members (excludes halogenated alkanes) is 3. The van der Waals surface area contributed by atoms with Crippen molar-refractivity contribution in [2.45, 2.75) is 25.7 Å². The lowest BCUT2D eigenvalue weighted by Crippen LogP contribution is -2.21. The number of rotatable bonds is 8. The van der Waals surface area contributed by atoms with Crippen molar-refractivity contribution in [1.82, 2.24) is 5.32 Å². The van der Waals surface area contributed by atoms with E-state index in [2.05, 4.69) is 5.32 Å². The molecule has 4 nitrogen and oxygen atoms in total. The zero-order valence-electron chi connectivity index (χ0n) is 9.89. The van der Waals surface area contributed by atoms with E-state index in [0.717, 1.165) is 25.7 Å². The van der Waals surface area contributed by atoms with E-state index in [0.29, 0.717) is 12.3 Å². The first-order chi connectivity index (χ1) is 8.33. The highest BCUT2D eigenvalue weighted by molar-refractivity contribution is 5.91. The van der Waals surface area contributed by atoms with Crippen LogP contribution in [0.2, 0.25) is 0 Å². The number of hydrogen-bond donors (Lipinski definition) is 2. The van der Waals surface area contributed by atoms with E-state index in [9.17, 15) is 4.79 Å². The minimum absolute atomic E-state index is 0.108. The van der Waals surface area contributed by atoms with Crippen molar-refractivity contribution in [2.24, 2.45) is 0 Å². The van der Waals surface area contributed by atoms with Gasteiger partial charge in [-0.1, -0.05) is 12.8 Å². The Hall–Kier alpha value is -1.55. The van der Waals surface area contributed by atoms with Crippen LogP contribution in [0.15, 0.2) is 28.9 Å². The molecule has 4 heteroatoms. The third-order valence-electron chi connectivity index (χ3n) is 2.33. The standard InChI is InChI=1S/C13H19NO3/c15-10-4-2-1-3-9-14-13(16)8-7-12-6-5-11-17-12/h5-8,11,15H,1-4,9-10H2,(H,14,16)/b8-7+. The number of carbonyl (C=O) groups excluding carboxylic acids is 1. The topological polar surface area (TPSA) is 62.5 Å². The normalized spacial score (nSPS) is 10.9. The van der Waals surface area contributed by atoms with Crippen LogP contribution in [0.25, 0.3) is 6.08 Å². The third kappa shape index (κ3) is 6.58. The first-order valence-corrected chi connectivity index (χ1v) is 5.93. The molecule has 1 aromatic rings. The summed E-state index contributed by atoms with van der Waals surface area (Å²) in [7, 11) is 0. The average Bonchev–Trinajstić information content (AvgIpc) is 2.84. The molecule has 1 amide bonds. The van der Waals surface area contributed by atoms with Crippen LogP contribution in [0.4, 0.5) is 0 Å². The van der Waals surface area contributed by atoms with E-state index < -0.39 is 0 Å². The molecule has 0 aliphatic heterocycles. The quantitative estimate of drug-likeness (QED) is 0.536. The zero-order valence-corrected chi connectivity index (χ0v) is 9.89. The molecule has 0 atom stereocenters. The first kappa shape index (κ1) is 13.5. The molecule has 2 N–H and O–H groups in total. The maximum absolute atomic E-state index is 11.3. The molecule has 0 aromatic carbocycles. The van der Waals surface area contributed by atoms with Crippen molar-refractivity contribution in [3.8, 4) is 0 Å². The second-order valence-corrected chi connectivity index (χ2v) is 3.78. The number of aliphatic hydroxyl groups is 1. The maximum atomic E-state index is 11.3. The summed E-state index contributed by atoms with van der Waals surface area (Å²) in [6.45, 7) is 0.922. The van der Waals surface area contributed by atoms with Crippen LogP contribution in [0.5, 0.6) is 0 Å². The second-order valence-electron chi connectivity index (χ2n) is 3.78. The average molecular weight is 237 g/mol. The molecule has 94 valence electrons. The first-order valence-electron chi connectivity index (χ1n) is 5.93. The smallest absolute Gasteiger partial charge is 0.244 e. The Morgan fingerprint density at radius 1 is 1.35 bits per heavy atom. The van der Waals surface area contributed by atoms with Crippen molar-refractivity contribution < 1.29 is 14.3 Å². The van der Waals surface area contributed by atoms with Crippen LogP contribution in [-0.4, -0.2) is 24.2 Å². The van der Waals surface area contributed by atoms with Gasteiger partial charge in [0, 0.05) is 19.2 Å². The van der Waals surface area contributed by atoms with Crippen molar-refractivity contribution >= 4 is 12.0 Å². The lowest BCUT2D eigenvalue weighted by atomic mass is 10.2. The van der Waals surface area contributed by atoms with Gasteiger partial charge in [0.2, 0.25) is 5.91 Å². The highest BCUT2D eigenvalue weighted by Gasteiger charge is 1.95. The lowest BCUT2D eigenvalue weighted by Gasteiger charge is -2.01. The molecular weight excluding hydrogens is 218 g/mol. The van der Waals surface area contributed by atoms with Crippen molar-refractivity contribution in [3.05, 3.63) is 30.2 Å². The van der Waals surface area contributed by atoms with Gasteiger partial charge in [-0.15, -0.1) is 0 Å². The van der Waals surface area contributed by atoms with Gasteiger partial charge >= 0.3 is 0 Å². The van der Waals surface area contributed by atoms with Crippen LogP contribution in [0.3, 0.4) is 0 Å². The molecule has 0 spiro atoms. The summed E-state index contributed by atoms with van der Waals surface area (Å²) in [5, 5.41) is 11.4. The Labute approximate surface area is 101 Å². The molecule has 0 bridgehead atoms. The summed E-state index contributed by atoms with van der Waals surface area (Å²) in [5.41, 5.74) is 0. The molecule has 0 fully saturated rings. The molecular formula is C13H19NO3. The molecule has 0 saturated carbocycles. The Bertz CT molecular complexity index is 330. The Balaban J connectivity index is 2.05. The fourth-order valence-corrected chi connectivity index (χ4v) is 1.40. The highest BCUT2D eigenvalue weighted by atomic mass is 16.3. The molecule has 1 aromatic heterocycles. The monoisotopic (exact) mass is 237 g/mol. The number of aliphatic hydroxyl groups excluding tert-OH is 1. The van der Waals surface area contributed by atoms with Crippen molar-refractivity contribution in [1.29, 1.82) is 0 Å². The van der Waals surface area contributed by atoms with Gasteiger partial charge in [0.25, 0.3) is 0 Å². The second kappa shape index (κ2) is 8.58. The fourth-order valence-electron chi connectivity index (χ4n) is 1.40. The summed E-state index contributed by atoms with van der Waals surface area (Å²) >= 11 is 0. The maximum Gasteiger partial charge on any atom is 0.244 e. The van der Waals surface area contributed by atoms with E-state index >= 15 is 0 Å². The molecule has 0 radical (unpaired) electrons. The molecule has 1 heterocycles. The van der Waals surface area contributed by atoms with Crippen LogP contribution >= 0.6 is 0 Å². The zero-order chi connectivity index (χ0) is 12.3. The predicted octanol–water partition coefficient (Wildman–Crippen LogP) is 1.96. The summed E-state index contributed by atoms with van der Waals surface area (Å²) in [6.07, 6.45) is 8.50. The van der Waals surface area contributed by atoms with Gasteiger partial charge in [-0.3, -0.25) is 4.79 Å². The number of amides is 1. The lowest BCUT2D eigenvalue weighted by molar-refractivity contribution is -0.116. The summed E-state index contributed by atoms with van der Waals surface area (Å²) in [4.78, 5) is 11.3. The number of furan rings is 1. The summed E-state index contributed by atoms with van der Waals surface area (Å²) in [5.74, 6) is 0.562. The van der Waals surface area contributed by atoms with Gasteiger partial charge < -0.3 is 14.8 Å². The third-order valence-corrected chi connectivity index (χ3v) is 2.33. The van der Waals surface area contributed by atoms with Gasteiger partial charge in [0.1, 0.15) is 5.76 Å². The van der Waals surface area contributed by atoms with Gasteiger partial charge in [-0.05, 0) is 31.1 Å². The van der Waals surface area contributed by atoms with E-state index in [-0.39, 0.29) is 12.5 Å². The van der Waals surface area contributed by atoms with Crippen molar-refractivity contribution in [2.75, 3.05) is 13.2 Å². The minimum Gasteiger partial charge on any atom is -0.465 e. The van der Waals surface area contributed by atoms with Crippen molar-refractivity contribution in [3.63, 3.8) is 0 Å². The molecule has 0 aliphatic carbocycles. The van der Waals surface area contributed by atoms with E-state index in [1.807, 2.05) is 0 Å². The van der Waals surface area contributed by atoms with Gasteiger partial charge in [-0.2, -0.15) is 0 Å². The van der Waals surface area contributed by atoms with Gasteiger partial charge in [-0.25, -0.2) is 0 Å². The van der Waals surface area contributed by atoms with E-state index in [4.69, 9.17) is 9.52 Å². The minimum atomic E-state index is -0.108. The van der Waals surface area contributed by atoms with E-state index in [1.165, 1.54) is 6.08 Å². The van der Waals surface area contributed by atoms with Gasteiger partial charge in [0.05, 0.1) is 6.26 Å². The number of hydrogen-bond acceptors (Lipinski definition) is 3. The Morgan fingerprint density at radius 2 is 2.18 bits per heavy atom. The van der Waals surface area contributed by atoms with E-state index in [1.54, 1.807) is 24.5 Å². The molecule has 1 rings (SSSR count). The molecule has 0 unspecified atom stereocenters. The predicted molar refractivity (Wildman–Crippen MR) is 66.3 cm³/mol. The highest BCUT2D eigenvalue weighted by Crippen LogP contribution is 2.02. The Morgan fingerprint density at radius 3 is 2.88 bits per heavy atom. The largest absolute Gasteiger partial charge is 0.465 e. The van der Waals surface area contributed by atoms with Crippen LogP contribution < -0.4 is 5.32 Å².